The summed E-state index contributed by atoms with van der Waals surface area (Å²) in [4.78, 5) is 3.72. The van der Waals surface area contributed by atoms with Gasteiger partial charge in [0.25, 0.3) is 0 Å². The van der Waals surface area contributed by atoms with Crippen LogP contribution in [0.4, 0.5) is 10.1 Å². The van der Waals surface area contributed by atoms with Crippen LogP contribution in [0.3, 0.4) is 0 Å². The van der Waals surface area contributed by atoms with Crippen LogP contribution >= 0.6 is 11.6 Å². The zero-order chi connectivity index (χ0) is 10.7. The highest BCUT2D eigenvalue weighted by molar-refractivity contribution is 6.18. The van der Waals surface area contributed by atoms with Gasteiger partial charge < -0.3 is 5.32 Å². The number of hydrogen-bond donors (Lipinski definition) is 1. The minimum absolute atomic E-state index is 0.121. The molecular formula is C11H14ClFN2. The standard InChI is InChI=1S/C11H14ClFN2/c12-8-11(4-1-2-5-11)15-10-3-6-14-7-9(10)13/h3,6-7H,1-2,4-5,8H2,(H,14,15). The summed E-state index contributed by atoms with van der Waals surface area (Å²) in [5.41, 5.74) is 0.386. The zero-order valence-corrected chi connectivity index (χ0v) is 9.23. The van der Waals surface area contributed by atoms with Crippen molar-refractivity contribution in [3.63, 3.8) is 0 Å². The van der Waals surface area contributed by atoms with Crippen LogP contribution < -0.4 is 5.32 Å². The van der Waals surface area contributed by atoms with Gasteiger partial charge in [0.2, 0.25) is 0 Å². The second kappa shape index (κ2) is 4.35. The first-order valence-corrected chi connectivity index (χ1v) is 5.73. The van der Waals surface area contributed by atoms with Gasteiger partial charge in [-0.25, -0.2) is 4.39 Å². The summed E-state index contributed by atoms with van der Waals surface area (Å²) in [6.45, 7) is 0. The number of alkyl halides is 1. The number of rotatable bonds is 3. The van der Waals surface area contributed by atoms with Gasteiger partial charge in [0.15, 0.2) is 5.82 Å². The average Bonchev–Trinajstić information content (AvgIpc) is 2.71. The van der Waals surface area contributed by atoms with E-state index in [9.17, 15) is 4.39 Å². The highest BCUT2D eigenvalue weighted by atomic mass is 35.5. The van der Waals surface area contributed by atoms with Crippen LogP contribution in [0.25, 0.3) is 0 Å². The monoisotopic (exact) mass is 228 g/mol. The summed E-state index contributed by atoms with van der Waals surface area (Å²) in [6.07, 6.45) is 7.15. The van der Waals surface area contributed by atoms with Crippen molar-refractivity contribution in [2.75, 3.05) is 11.2 Å². The van der Waals surface area contributed by atoms with Crippen LogP contribution in [0.2, 0.25) is 0 Å². The molecule has 1 saturated carbocycles. The fraction of sp³-hybridized carbons (Fsp3) is 0.545. The maximum absolute atomic E-state index is 13.4. The molecule has 1 aliphatic carbocycles. The third kappa shape index (κ3) is 2.23. The summed E-state index contributed by atoms with van der Waals surface area (Å²) < 4.78 is 13.4. The Bertz CT molecular complexity index is 337. The van der Waals surface area contributed by atoms with Crippen molar-refractivity contribution >= 4 is 17.3 Å². The van der Waals surface area contributed by atoms with Crippen LogP contribution in [0.1, 0.15) is 25.7 Å². The first-order valence-electron chi connectivity index (χ1n) is 5.19. The van der Waals surface area contributed by atoms with E-state index < -0.39 is 0 Å². The lowest BCUT2D eigenvalue weighted by molar-refractivity contribution is 0.530. The van der Waals surface area contributed by atoms with E-state index in [0.29, 0.717) is 11.6 Å². The highest BCUT2D eigenvalue weighted by Crippen LogP contribution is 2.34. The molecule has 1 N–H and O–H groups in total. The topological polar surface area (TPSA) is 24.9 Å². The van der Waals surface area contributed by atoms with Gasteiger partial charge in [-0.15, -0.1) is 11.6 Å². The van der Waals surface area contributed by atoms with Gasteiger partial charge in [-0.05, 0) is 18.9 Å². The van der Waals surface area contributed by atoms with E-state index in [2.05, 4.69) is 10.3 Å². The van der Waals surface area contributed by atoms with E-state index in [1.807, 2.05) is 0 Å². The van der Waals surface area contributed by atoms with Crippen molar-refractivity contribution in [2.45, 2.75) is 31.2 Å². The molecule has 15 heavy (non-hydrogen) atoms. The van der Waals surface area contributed by atoms with Crippen molar-refractivity contribution in [3.05, 3.63) is 24.3 Å². The molecule has 4 heteroatoms. The third-order valence-corrected chi connectivity index (χ3v) is 3.50. The van der Waals surface area contributed by atoms with Crippen LogP contribution in [0.5, 0.6) is 0 Å². The molecule has 1 fully saturated rings. The molecule has 1 aliphatic rings. The van der Waals surface area contributed by atoms with E-state index in [1.165, 1.54) is 6.20 Å². The van der Waals surface area contributed by atoms with Gasteiger partial charge in [-0.3, -0.25) is 4.98 Å². The molecule has 0 spiro atoms. The van der Waals surface area contributed by atoms with Crippen molar-refractivity contribution in [2.24, 2.45) is 0 Å². The lowest BCUT2D eigenvalue weighted by Crippen LogP contribution is -2.37. The number of aromatic nitrogens is 1. The van der Waals surface area contributed by atoms with Crippen molar-refractivity contribution in [1.82, 2.24) is 4.98 Å². The Morgan fingerprint density at radius 3 is 2.80 bits per heavy atom. The molecule has 0 aliphatic heterocycles. The maximum atomic E-state index is 13.4. The number of halogens is 2. The summed E-state index contributed by atoms with van der Waals surface area (Å²) in [7, 11) is 0. The summed E-state index contributed by atoms with van der Waals surface area (Å²) >= 11 is 5.97. The molecule has 0 bridgehead atoms. The molecule has 0 amide bonds. The zero-order valence-electron chi connectivity index (χ0n) is 8.47. The molecule has 1 heterocycles. The molecule has 0 aromatic carbocycles. The molecule has 0 saturated heterocycles. The second-order valence-electron chi connectivity index (χ2n) is 4.10. The van der Waals surface area contributed by atoms with Gasteiger partial charge in [0.05, 0.1) is 17.4 Å². The Morgan fingerprint density at radius 1 is 1.47 bits per heavy atom. The van der Waals surface area contributed by atoms with Gasteiger partial charge in [-0.1, -0.05) is 12.8 Å². The molecule has 0 radical (unpaired) electrons. The molecule has 82 valence electrons. The molecule has 1 aromatic rings. The van der Waals surface area contributed by atoms with Crippen LogP contribution in [-0.4, -0.2) is 16.4 Å². The lowest BCUT2D eigenvalue weighted by Gasteiger charge is -2.29. The first kappa shape index (κ1) is 10.7. The van der Waals surface area contributed by atoms with E-state index in [1.54, 1.807) is 12.3 Å². The molecule has 0 atom stereocenters. The summed E-state index contributed by atoms with van der Waals surface area (Å²) in [5.74, 6) is 0.211. The number of pyridine rings is 1. The number of nitrogens with zero attached hydrogens (tertiary/aromatic N) is 1. The molecule has 1 aromatic heterocycles. The van der Waals surface area contributed by atoms with Crippen LogP contribution in [0, 0.1) is 5.82 Å². The smallest absolute Gasteiger partial charge is 0.164 e. The van der Waals surface area contributed by atoms with Crippen molar-refractivity contribution in [3.8, 4) is 0 Å². The summed E-state index contributed by atoms with van der Waals surface area (Å²) in [5, 5.41) is 3.23. The van der Waals surface area contributed by atoms with E-state index in [0.717, 1.165) is 25.7 Å². The fourth-order valence-corrected chi connectivity index (χ4v) is 2.44. The Hall–Kier alpha value is -0.830. The van der Waals surface area contributed by atoms with Crippen LogP contribution in [-0.2, 0) is 0 Å². The average molecular weight is 229 g/mol. The van der Waals surface area contributed by atoms with Gasteiger partial charge in [0, 0.05) is 12.1 Å². The van der Waals surface area contributed by atoms with Crippen LogP contribution in [0.15, 0.2) is 18.5 Å². The predicted molar refractivity (Wildman–Crippen MR) is 59.7 cm³/mol. The minimum Gasteiger partial charge on any atom is -0.376 e. The summed E-state index contributed by atoms with van der Waals surface area (Å²) in [6, 6.07) is 1.65. The quantitative estimate of drug-likeness (QED) is 0.804. The first-order chi connectivity index (χ1) is 7.26. The second-order valence-corrected chi connectivity index (χ2v) is 4.37. The van der Waals surface area contributed by atoms with E-state index >= 15 is 0 Å². The lowest BCUT2D eigenvalue weighted by atomic mass is 10.00. The Kier molecular flexibility index (Phi) is 3.10. The van der Waals surface area contributed by atoms with Crippen molar-refractivity contribution in [1.29, 1.82) is 0 Å². The maximum Gasteiger partial charge on any atom is 0.164 e. The van der Waals surface area contributed by atoms with E-state index in [4.69, 9.17) is 11.6 Å². The Balaban J connectivity index is 2.16. The SMILES string of the molecule is Fc1cnccc1NC1(CCl)CCCC1. The molecule has 0 unspecified atom stereocenters. The predicted octanol–water partition coefficient (Wildman–Crippen LogP) is 3.18. The van der Waals surface area contributed by atoms with Gasteiger partial charge in [-0.2, -0.15) is 0 Å². The fourth-order valence-electron chi connectivity index (χ4n) is 2.11. The number of hydrogen-bond acceptors (Lipinski definition) is 2. The third-order valence-electron chi connectivity index (χ3n) is 2.99. The number of anilines is 1. The van der Waals surface area contributed by atoms with Crippen molar-refractivity contribution < 1.29 is 4.39 Å². The Morgan fingerprint density at radius 2 is 2.20 bits per heavy atom. The molecule has 2 rings (SSSR count). The highest BCUT2D eigenvalue weighted by Gasteiger charge is 2.33. The van der Waals surface area contributed by atoms with E-state index in [-0.39, 0.29) is 11.4 Å². The number of nitrogens with one attached hydrogen (secondary N) is 1. The van der Waals surface area contributed by atoms with Gasteiger partial charge in [0.1, 0.15) is 0 Å². The largest absolute Gasteiger partial charge is 0.376 e. The Labute approximate surface area is 93.9 Å². The molecule has 2 nitrogen and oxygen atoms in total. The van der Waals surface area contributed by atoms with Gasteiger partial charge >= 0.3 is 0 Å². The minimum atomic E-state index is -0.311. The normalized spacial score (nSPS) is 19.1. The molecular weight excluding hydrogens is 215 g/mol.